The number of nitrogens with zero attached hydrogens (tertiary/aromatic N) is 1. The van der Waals surface area contributed by atoms with E-state index in [1.54, 1.807) is 20.3 Å². The van der Waals surface area contributed by atoms with Crippen LogP contribution >= 0.6 is 0 Å². The van der Waals surface area contributed by atoms with Crippen LogP contribution in [-0.4, -0.2) is 61.6 Å². The molecule has 1 aliphatic rings. The third-order valence-corrected chi connectivity index (χ3v) is 3.64. The second-order valence-corrected chi connectivity index (χ2v) is 4.97. The van der Waals surface area contributed by atoms with Gasteiger partial charge in [0, 0.05) is 39.3 Å². The van der Waals surface area contributed by atoms with Gasteiger partial charge in [-0.3, -0.25) is 4.90 Å². The van der Waals surface area contributed by atoms with Crippen LogP contribution in [0.1, 0.15) is 5.56 Å². The summed E-state index contributed by atoms with van der Waals surface area (Å²) in [5, 5.41) is 18.2. The SMILES string of the molecule is COC1CN(Cc2ccc(F)c(B(O)O)c2)CC1OC. The molecule has 0 aromatic heterocycles. The zero-order valence-corrected chi connectivity index (χ0v) is 11.6. The van der Waals surface area contributed by atoms with Crippen LogP contribution in [0.15, 0.2) is 18.2 Å². The molecular weight excluding hydrogens is 264 g/mol. The number of methoxy groups -OCH3 is 2. The Bertz CT molecular complexity index is 448. The third-order valence-electron chi connectivity index (χ3n) is 3.64. The van der Waals surface area contributed by atoms with Crippen molar-refractivity contribution in [3.05, 3.63) is 29.6 Å². The van der Waals surface area contributed by atoms with Crippen molar-refractivity contribution in [2.75, 3.05) is 27.3 Å². The lowest BCUT2D eigenvalue weighted by Crippen LogP contribution is -2.33. The number of rotatable bonds is 5. The molecule has 1 saturated heterocycles. The second-order valence-electron chi connectivity index (χ2n) is 4.97. The number of ether oxygens (including phenoxy) is 2. The summed E-state index contributed by atoms with van der Waals surface area (Å²) in [6.07, 6.45) is 0.0340. The maximum Gasteiger partial charge on any atom is 0.491 e. The molecule has 1 heterocycles. The molecule has 7 heteroatoms. The molecular formula is C13H19BFNO4. The Morgan fingerprint density at radius 1 is 1.25 bits per heavy atom. The molecule has 110 valence electrons. The molecule has 2 unspecified atom stereocenters. The van der Waals surface area contributed by atoms with E-state index in [9.17, 15) is 4.39 Å². The minimum atomic E-state index is -1.80. The Balaban J connectivity index is 2.06. The summed E-state index contributed by atoms with van der Waals surface area (Å²) in [6.45, 7) is 2.03. The summed E-state index contributed by atoms with van der Waals surface area (Å²) >= 11 is 0. The number of benzene rings is 1. The monoisotopic (exact) mass is 283 g/mol. The third kappa shape index (κ3) is 3.36. The maximum atomic E-state index is 13.4. The van der Waals surface area contributed by atoms with Crippen molar-refractivity contribution >= 4 is 12.6 Å². The van der Waals surface area contributed by atoms with Crippen LogP contribution in [0.4, 0.5) is 4.39 Å². The van der Waals surface area contributed by atoms with E-state index in [1.165, 1.54) is 12.1 Å². The Labute approximate surface area is 118 Å². The summed E-state index contributed by atoms with van der Waals surface area (Å²) in [5.74, 6) is -0.616. The first kappa shape index (κ1) is 15.4. The van der Waals surface area contributed by atoms with Gasteiger partial charge in [-0.05, 0) is 11.6 Å². The Hall–Kier alpha value is -0.985. The van der Waals surface area contributed by atoms with E-state index in [0.29, 0.717) is 6.54 Å². The smallest absolute Gasteiger partial charge is 0.423 e. The molecule has 1 aromatic rings. The second kappa shape index (κ2) is 6.65. The fourth-order valence-electron chi connectivity index (χ4n) is 2.55. The van der Waals surface area contributed by atoms with E-state index in [4.69, 9.17) is 19.5 Å². The van der Waals surface area contributed by atoms with Crippen LogP contribution in [0.3, 0.4) is 0 Å². The van der Waals surface area contributed by atoms with Crippen molar-refractivity contribution in [3.63, 3.8) is 0 Å². The van der Waals surface area contributed by atoms with Gasteiger partial charge in [-0.1, -0.05) is 12.1 Å². The van der Waals surface area contributed by atoms with Gasteiger partial charge in [0.15, 0.2) is 0 Å². The number of likely N-dealkylation sites (tertiary alicyclic amines) is 1. The van der Waals surface area contributed by atoms with Crippen LogP contribution < -0.4 is 5.46 Å². The van der Waals surface area contributed by atoms with Gasteiger partial charge in [0.05, 0.1) is 12.2 Å². The molecule has 0 spiro atoms. The van der Waals surface area contributed by atoms with Gasteiger partial charge in [-0.2, -0.15) is 0 Å². The van der Waals surface area contributed by atoms with E-state index in [2.05, 4.69) is 4.90 Å². The fourth-order valence-corrected chi connectivity index (χ4v) is 2.55. The van der Waals surface area contributed by atoms with Gasteiger partial charge >= 0.3 is 7.12 Å². The van der Waals surface area contributed by atoms with Gasteiger partial charge in [0.2, 0.25) is 0 Å². The van der Waals surface area contributed by atoms with Gasteiger partial charge < -0.3 is 19.5 Å². The maximum absolute atomic E-state index is 13.4. The minimum Gasteiger partial charge on any atom is -0.423 e. The topological polar surface area (TPSA) is 62.2 Å². The van der Waals surface area contributed by atoms with E-state index in [-0.39, 0.29) is 17.7 Å². The molecule has 0 radical (unpaired) electrons. The molecule has 20 heavy (non-hydrogen) atoms. The van der Waals surface area contributed by atoms with Crippen molar-refractivity contribution in [1.29, 1.82) is 0 Å². The average molecular weight is 283 g/mol. The molecule has 0 aliphatic carbocycles. The molecule has 1 fully saturated rings. The number of hydrogen-bond acceptors (Lipinski definition) is 5. The standard InChI is InChI=1S/C13H19BFNO4/c1-19-12-7-16(8-13(12)20-2)6-9-3-4-11(15)10(5-9)14(17)18/h3-5,12-13,17-18H,6-8H2,1-2H3. The highest BCUT2D eigenvalue weighted by atomic mass is 19.1. The normalized spacial score (nSPS) is 23.2. The van der Waals surface area contributed by atoms with Crippen LogP contribution in [0, 0.1) is 5.82 Å². The summed E-state index contributed by atoms with van der Waals surface area (Å²) in [5.41, 5.74) is 0.717. The van der Waals surface area contributed by atoms with Crippen molar-refractivity contribution < 1.29 is 23.9 Å². The largest absolute Gasteiger partial charge is 0.491 e. The first-order chi connectivity index (χ1) is 9.55. The molecule has 0 bridgehead atoms. The fraction of sp³-hybridized carbons (Fsp3) is 0.538. The van der Waals surface area contributed by atoms with Crippen LogP contribution in [-0.2, 0) is 16.0 Å². The summed E-state index contributed by atoms with van der Waals surface area (Å²) in [4.78, 5) is 2.13. The predicted molar refractivity (Wildman–Crippen MR) is 73.1 cm³/mol. The summed E-state index contributed by atoms with van der Waals surface area (Å²) in [6, 6.07) is 4.37. The summed E-state index contributed by atoms with van der Waals surface area (Å²) in [7, 11) is 1.50. The minimum absolute atomic E-state index is 0.0170. The van der Waals surface area contributed by atoms with E-state index >= 15 is 0 Å². The lowest BCUT2D eigenvalue weighted by atomic mass is 9.79. The van der Waals surface area contributed by atoms with Crippen LogP contribution in [0.5, 0.6) is 0 Å². The Kier molecular flexibility index (Phi) is 5.12. The lowest BCUT2D eigenvalue weighted by molar-refractivity contribution is -0.00461. The molecule has 2 rings (SSSR count). The van der Waals surface area contributed by atoms with Gasteiger partial charge in [0.1, 0.15) is 5.82 Å². The molecule has 1 aliphatic heterocycles. The number of halogens is 1. The molecule has 1 aromatic carbocycles. The van der Waals surface area contributed by atoms with Crippen molar-refractivity contribution in [2.24, 2.45) is 0 Å². The highest BCUT2D eigenvalue weighted by Gasteiger charge is 2.32. The average Bonchev–Trinajstić information content (AvgIpc) is 2.82. The Morgan fingerprint density at radius 2 is 1.85 bits per heavy atom. The molecule has 5 nitrogen and oxygen atoms in total. The van der Waals surface area contributed by atoms with Gasteiger partial charge in [0.25, 0.3) is 0 Å². The quantitative estimate of drug-likeness (QED) is 0.703. The Morgan fingerprint density at radius 3 is 2.35 bits per heavy atom. The van der Waals surface area contributed by atoms with Crippen molar-refractivity contribution in [2.45, 2.75) is 18.8 Å². The highest BCUT2D eigenvalue weighted by molar-refractivity contribution is 6.58. The number of hydrogen-bond donors (Lipinski definition) is 2. The van der Waals surface area contributed by atoms with Crippen molar-refractivity contribution in [1.82, 2.24) is 4.90 Å². The van der Waals surface area contributed by atoms with E-state index in [0.717, 1.165) is 18.7 Å². The van der Waals surface area contributed by atoms with Gasteiger partial charge in [-0.15, -0.1) is 0 Å². The van der Waals surface area contributed by atoms with Crippen LogP contribution in [0.25, 0.3) is 0 Å². The first-order valence-electron chi connectivity index (χ1n) is 6.47. The van der Waals surface area contributed by atoms with Crippen LogP contribution in [0.2, 0.25) is 0 Å². The summed E-state index contributed by atoms with van der Waals surface area (Å²) < 4.78 is 24.1. The van der Waals surface area contributed by atoms with Crippen molar-refractivity contribution in [3.8, 4) is 0 Å². The predicted octanol–water partition coefficient (Wildman–Crippen LogP) is -0.649. The first-order valence-corrected chi connectivity index (χ1v) is 6.47. The zero-order chi connectivity index (χ0) is 14.7. The molecule has 2 atom stereocenters. The highest BCUT2D eigenvalue weighted by Crippen LogP contribution is 2.18. The van der Waals surface area contributed by atoms with Gasteiger partial charge in [-0.25, -0.2) is 4.39 Å². The van der Waals surface area contributed by atoms with E-state index < -0.39 is 12.9 Å². The lowest BCUT2D eigenvalue weighted by Gasteiger charge is -2.16. The molecule has 0 amide bonds. The molecule has 2 N–H and O–H groups in total. The zero-order valence-electron chi connectivity index (χ0n) is 11.6. The molecule has 0 saturated carbocycles. The van der Waals surface area contributed by atoms with E-state index in [1.807, 2.05) is 0 Å².